The fourth-order valence-corrected chi connectivity index (χ4v) is 9.72. The Balaban J connectivity index is 1.45. The number of hydrogen-bond acceptors (Lipinski definition) is 16. The number of esters is 3. The Morgan fingerprint density at radius 3 is 2.35 bits per heavy atom. The molecule has 1 spiro atoms. The third kappa shape index (κ3) is 4.56. The highest BCUT2D eigenvalue weighted by atomic mass is 16.7. The van der Waals surface area contributed by atoms with Crippen LogP contribution in [0.4, 0.5) is 0 Å². The van der Waals surface area contributed by atoms with Crippen molar-refractivity contribution in [3.05, 3.63) is 11.8 Å². The summed E-state index contributed by atoms with van der Waals surface area (Å²) in [4.78, 5) is 54.9. The number of fused-ring (bicyclic) bond motifs is 2. The first-order valence-electron chi connectivity index (χ1n) is 16.2. The van der Waals surface area contributed by atoms with Gasteiger partial charge in [0.25, 0.3) is 0 Å². The van der Waals surface area contributed by atoms with Gasteiger partial charge >= 0.3 is 17.9 Å². The van der Waals surface area contributed by atoms with Crippen LogP contribution in [0.25, 0.3) is 0 Å². The van der Waals surface area contributed by atoms with Crippen molar-refractivity contribution in [3.63, 3.8) is 0 Å². The molecule has 3 heterocycles. The standard InChI is InChI=1S/C32H44O16/c1-11(2)6-17(34)48-22-24-31-10-44-32(24,29(42)43-5)26(40)21(38)23(31)30(4)13(8-16(31)47-27(22)41)12(3)7-14(25(30)39)45-28-20(37)19(36)18(35)15(9-33)46-28/h7,11-13,15-16,18-24,26,28,33,35-38,40H,6,8-10H2,1-5H3/t12-,13-,15+,16+,18+,19-,20+,21+,22+,23+,24+,26-,28+,30-,31+,32-/m0/s1. The predicted molar refractivity (Wildman–Crippen MR) is 155 cm³/mol. The minimum absolute atomic E-state index is 0.0576. The van der Waals surface area contributed by atoms with Crippen LogP contribution in [0.1, 0.15) is 40.5 Å². The third-order valence-corrected chi connectivity index (χ3v) is 11.8. The number of allylic oxidation sites excluding steroid dienone is 2. The summed E-state index contributed by atoms with van der Waals surface area (Å²) in [6.07, 6.45) is -13.5. The van der Waals surface area contributed by atoms with Gasteiger partial charge in [-0.25, -0.2) is 9.59 Å². The molecule has 3 saturated heterocycles. The van der Waals surface area contributed by atoms with Gasteiger partial charge in [-0.05, 0) is 30.3 Å². The summed E-state index contributed by atoms with van der Waals surface area (Å²) in [6.45, 7) is 5.77. The number of carbonyl (C=O) groups excluding carboxylic acids is 4. The molecule has 5 fully saturated rings. The molecular weight excluding hydrogens is 640 g/mol. The molecule has 0 aromatic heterocycles. The molecule has 0 aromatic carbocycles. The fourth-order valence-electron chi connectivity index (χ4n) is 9.72. The van der Waals surface area contributed by atoms with Gasteiger partial charge in [0.2, 0.25) is 23.8 Å². The van der Waals surface area contributed by atoms with Crippen molar-refractivity contribution >= 4 is 23.7 Å². The van der Waals surface area contributed by atoms with Gasteiger partial charge in [-0.15, -0.1) is 0 Å². The Kier molecular flexibility index (Phi) is 8.76. The molecule has 0 amide bonds. The molecule has 6 rings (SSSR count). The Labute approximate surface area is 275 Å². The maximum atomic E-state index is 14.7. The quantitative estimate of drug-likeness (QED) is 0.122. The molecule has 3 aliphatic heterocycles. The summed E-state index contributed by atoms with van der Waals surface area (Å²) >= 11 is 0. The first kappa shape index (κ1) is 35.1. The number of Topliss-reactive ketones (excluding diaryl/α,β-unsaturated/α-hetero) is 1. The largest absolute Gasteiger partial charge is 0.467 e. The summed E-state index contributed by atoms with van der Waals surface area (Å²) in [6, 6.07) is 0. The number of aliphatic hydroxyl groups excluding tert-OH is 6. The Bertz CT molecular complexity index is 1380. The van der Waals surface area contributed by atoms with Crippen molar-refractivity contribution in [2.75, 3.05) is 20.3 Å². The highest BCUT2D eigenvalue weighted by molar-refractivity contribution is 6.00. The maximum Gasteiger partial charge on any atom is 0.348 e. The average molecular weight is 685 g/mol. The van der Waals surface area contributed by atoms with Crippen LogP contribution >= 0.6 is 0 Å². The summed E-state index contributed by atoms with van der Waals surface area (Å²) in [5.41, 5.74) is -5.52. The lowest BCUT2D eigenvalue weighted by molar-refractivity contribution is -0.298. The van der Waals surface area contributed by atoms with E-state index in [1.54, 1.807) is 27.7 Å². The van der Waals surface area contributed by atoms with Gasteiger partial charge in [-0.1, -0.05) is 27.7 Å². The van der Waals surface area contributed by atoms with Crippen molar-refractivity contribution in [1.29, 1.82) is 0 Å². The first-order valence-corrected chi connectivity index (χ1v) is 16.2. The summed E-state index contributed by atoms with van der Waals surface area (Å²) < 4.78 is 34.2. The van der Waals surface area contributed by atoms with Crippen molar-refractivity contribution in [3.8, 4) is 0 Å². The van der Waals surface area contributed by atoms with Crippen LogP contribution in [0.15, 0.2) is 11.8 Å². The molecular formula is C32H44O16. The lowest BCUT2D eigenvalue weighted by atomic mass is 9.37. The summed E-state index contributed by atoms with van der Waals surface area (Å²) in [5.74, 6) is -7.81. The van der Waals surface area contributed by atoms with Crippen LogP contribution in [-0.4, -0.2) is 135 Å². The maximum absolute atomic E-state index is 14.7. The van der Waals surface area contributed by atoms with Gasteiger partial charge in [0, 0.05) is 23.2 Å². The van der Waals surface area contributed by atoms with Gasteiger partial charge in [0.05, 0.1) is 32.3 Å². The number of methoxy groups -OCH3 is 1. The van der Waals surface area contributed by atoms with Gasteiger partial charge in [-0.2, -0.15) is 0 Å². The van der Waals surface area contributed by atoms with Gasteiger partial charge in [-0.3, -0.25) is 9.59 Å². The molecule has 6 N–H and O–H groups in total. The van der Waals surface area contributed by atoms with E-state index in [0.717, 1.165) is 7.11 Å². The van der Waals surface area contributed by atoms with E-state index in [-0.39, 0.29) is 31.1 Å². The van der Waals surface area contributed by atoms with E-state index >= 15 is 0 Å². The second-order valence-corrected chi connectivity index (χ2v) is 14.7. The summed E-state index contributed by atoms with van der Waals surface area (Å²) in [5, 5.41) is 64.6. The zero-order valence-electron chi connectivity index (χ0n) is 27.3. The van der Waals surface area contributed by atoms with Crippen LogP contribution < -0.4 is 0 Å². The SMILES string of the molecule is COC(=O)[C@@]12OC[C@]34[C@H]([C@@H](O)[C@@H]1O)[C@@]1(C)C(=O)C(O[C@@H]5O[C@H](CO)[C@@H](O)[C@H](O)[C@H]5O)=C[C@H](C)[C@@H]1C[C@H]3OC(=O)[C@H](OC(=O)CC(C)C)[C@@H]24. The third-order valence-electron chi connectivity index (χ3n) is 11.8. The summed E-state index contributed by atoms with van der Waals surface area (Å²) in [7, 11) is 1.05. The smallest absolute Gasteiger partial charge is 0.348 e. The minimum Gasteiger partial charge on any atom is -0.467 e. The van der Waals surface area contributed by atoms with E-state index in [0.29, 0.717) is 0 Å². The lowest BCUT2D eigenvalue weighted by Gasteiger charge is -2.67. The minimum atomic E-state index is -2.36. The highest BCUT2D eigenvalue weighted by Gasteiger charge is 2.86. The van der Waals surface area contributed by atoms with E-state index in [1.807, 2.05) is 0 Å². The van der Waals surface area contributed by atoms with E-state index in [1.165, 1.54) is 6.08 Å². The molecule has 48 heavy (non-hydrogen) atoms. The first-order chi connectivity index (χ1) is 22.5. The zero-order valence-corrected chi connectivity index (χ0v) is 27.3. The van der Waals surface area contributed by atoms with E-state index in [4.69, 9.17) is 28.4 Å². The Hall–Kier alpha value is -2.70. The molecule has 16 atom stereocenters. The van der Waals surface area contributed by atoms with Crippen molar-refractivity contribution in [2.45, 2.75) is 101 Å². The number of aliphatic hydroxyl groups is 6. The predicted octanol–water partition coefficient (Wildman–Crippen LogP) is -2.29. The molecule has 16 heteroatoms. The molecule has 2 bridgehead atoms. The number of ether oxygens (including phenoxy) is 6. The van der Waals surface area contributed by atoms with E-state index < -0.39 is 126 Å². The van der Waals surface area contributed by atoms with Crippen molar-refractivity contribution in [1.82, 2.24) is 0 Å². The van der Waals surface area contributed by atoms with Gasteiger partial charge < -0.3 is 59.1 Å². The molecule has 2 saturated carbocycles. The van der Waals surface area contributed by atoms with Crippen molar-refractivity contribution in [2.24, 2.45) is 40.4 Å². The average Bonchev–Trinajstić information content (AvgIpc) is 3.34. The normalized spacial score (nSPS) is 49.3. The Morgan fingerprint density at radius 2 is 1.73 bits per heavy atom. The van der Waals surface area contributed by atoms with Crippen LogP contribution in [0, 0.1) is 40.4 Å². The number of carbonyl (C=O) groups is 4. The van der Waals surface area contributed by atoms with Gasteiger partial charge in [0.1, 0.15) is 36.6 Å². The second-order valence-electron chi connectivity index (χ2n) is 14.7. The Morgan fingerprint density at radius 1 is 1.04 bits per heavy atom. The molecule has 6 aliphatic rings. The second kappa shape index (κ2) is 12.0. The van der Waals surface area contributed by atoms with Crippen LogP contribution in [0.5, 0.6) is 0 Å². The molecule has 0 aromatic rings. The fraction of sp³-hybridized carbons (Fsp3) is 0.812. The van der Waals surface area contributed by atoms with Crippen LogP contribution in [0.3, 0.4) is 0 Å². The van der Waals surface area contributed by atoms with Crippen LogP contribution in [0.2, 0.25) is 0 Å². The number of hydrogen-bond donors (Lipinski definition) is 6. The monoisotopic (exact) mass is 684 g/mol. The molecule has 268 valence electrons. The molecule has 0 radical (unpaired) electrons. The van der Waals surface area contributed by atoms with Gasteiger partial charge in [0.15, 0.2) is 5.76 Å². The van der Waals surface area contributed by atoms with E-state index in [9.17, 15) is 49.8 Å². The van der Waals surface area contributed by atoms with Crippen molar-refractivity contribution < 1.29 is 78.2 Å². The molecule has 3 aliphatic carbocycles. The van der Waals surface area contributed by atoms with Crippen LogP contribution in [-0.2, 0) is 47.6 Å². The topological polar surface area (TPSA) is 245 Å². The number of ketones is 1. The molecule has 0 unspecified atom stereocenters. The number of rotatable bonds is 7. The lowest BCUT2D eigenvalue weighted by Crippen LogP contribution is -2.80. The van der Waals surface area contributed by atoms with E-state index in [2.05, 4.69) is 0 Å². The zero-order chi connectivity index (χ0) is 35.2. The highest BCUT2D eigenvalue weighted by Crippen LogP contribution is 2.72. The molecule has 16 nitrogen and oxygen atoms in total.